The lowest BCUT2D eigenvalue weighted by molar-refractivity contribution is -0.144. The number of hydrogen-bond acceptors (Lipinski definition) is 6. The Hall–Kier alpha value is -3.17. The second kappa shape index (κ2) is 8.28. The molecule has 2 aromatic carbocycles. The van der Waals surface area contributed by atoms with Crippen LogP contribution in [0, 0.1) is 11.3 Å². The van der Waals surface area contributed by atoms with Crippen molar-refractivity contribution in [2.24, 2.45) is 0 Å². The molecule has 0 aliphatic heterocycles. The van der Waals surface area contributed by atoms with E-state index in [1.165, 1.54) is 11.3 Å². The van der Waals surface area contributed by atoms with Crippen molar-refractivity contribution in [1.82, 2.24) is 4.98 Å². The highest BCUT2D eigenvalue weighted by Crippen LogP contribution is 2.26. The van der Waals surface area contributed by atoms with Gasteiger partial charge in [0.15, 0.2) is 0 Å². The number of rotatable bonds is 6. The van der Waals surface area contributed by atoms with E-state index in [2.05, 4.69) is 11.1 Å². The second-order valence-corrected chi connectivity index (χ2v) is 6.34. The summed E-state index contributed by atoms with van der Waals surface area (Å²) >= 11 is 1.48. The van der Waals surface area contributed by atoms with Gasteiger partial charge in [0, 0.05) is 16.5 Å². The van der Waals surface area contributed by atoms with Crippen molar-refractivity contribution in [2.45, 2.75) is 13.0 Å². The Bertz CT molecular complexity index is 942. The number of benzene rings is 2. The summed E-state index contributed by atoms with van der Waals surface area (Å²) in [6, 6.07) is 16.8. The van der Waals surface area contributed by atoms with Gasteiger partial charge in [0.05, 0.1) is 30.9 Å². The first-order chi connectivity index (χ1) is 12.7. The van der Waals surface area contributed by atoms with Gasteiger partial charge in [-0.2, -0.15) is 5.26 Å². The van der Waals surface area contributed by atoms with Crippen LogP contribution < -0.4 is 4.74 Å². The van der Waals surface area contributed by atoms with Crippen LogP contribution >= 0.6 is 11.3 Å². The van der Waals surface area contributed by atoms with Gasteiger partial charge in [-0.1, -0.05) is 18.2 Å². The van der Waals surface area contributed by atoms with Gasteiger partial charge in [-0.15, -0.1) is 11.3 Å². The molecule has 0 aliphatic rings. The molecule has 0 saturated heterocycles. The van der Waals surface area contributed by atoms with Crippen LogP contribution in [-0.2, 0) is 22.6 Å². The zero-order valence-electron chi connectivity index (χ0n) is 14.1. The third kappa shape index (κ3) is 4.26. The topological polar surface area (TPSA) is 72.2 Å². The molecule has 0 bridgehead atoms. The highest BCUT2D eigenvalue weighted by atomic mass is 32.1. The summed E-state index contributed by atoms with van der Waals surface area (Å²) in [6.45, 7) is 0.0814. The van der Waals surface area contributed by atoms with E-state index in [9.17, 15) is 4.79 Å². The SMILES string of the molecule is COc1ccc(-c2nc(CC(=O)OCc3ccccc3C#N)cs2)cc1. The minimum Gasteiger partial charge on any atom is -0.497 e. The molecule has 26 heavy (non-hydrogen) atoms. The monoisotopic (exact) mass is 364 g/mol. The zero-order valence-corrected chi connectivity index (χ0v) is 15.0. The molecule has 0 spiro atoms. The summed E-state index contributed by atoms with van der Waals surface area (Å²) in [5.74, 6) is 0.413. The lowest BCUT2D eigenvalue weighted by atomic mass is 10.1. The fourth-order valence-corrected chi connectivity index (χ4v) is 3.19. The van der Waals surface area contributed by atoms with Crippen molar-refractivity contribution in [2.75, 3.05) is 7.11 Å². The molecule has 0 unspecified atom stereocenters. The molecular weight excluding hydrogens is 348 g/mol. The van der Waals surface area contributed by atoms with E-state index in [-0.39, 0.29) is 19.0 Å². The third-order valence-electron chi connectivity index (χ3n) is 3.74. The highest BCUT2D eigenvalue weighted by Gasteiger charge is 2.11. The average Bonchev–Trinajstić information content (AvgIpc) is 3.15. The number of thiazole rings is 1. The fraction of sp³-hybridized carbons (Fsp3) is 0.150. The Balaban J connectivity index is 1.60. The van der Waals surface area contributed by atoms with Crippen molar-refractivity contribution < 1.29 is 14.3 Å². The van der Waals surface area contributed by atoms with Crippen LogP contribution in [0.3, 0.4) is 0 Å². The Kier molecular flexibility index (Phi) is 5.62. The number of nitrogens with zero attached hydrogens (tertiary/aromatic N) is 2. The number of carbonyl (C=O) groups excluding carboxylic acids is 1. The normalized spacial score (nSPS) is 10.2. The van der Waals surface area contributed by atoms with Gasteiger partial charge in [0.2, 0.25) is 0 Å². The number of aromatic nitrogens is 1. The quantitative estimate of drug-likeness (QED) is 0.619. The highest BCUT2D eigenvalue weighted by molar-refractivity contribution is 7.13. The second-order valence-electron chi connectivity index (χ2n) is 5.48. The van der Waals surface area contributed by atoms with Crippen LogP contribution in [0.2, 0.25) is 0 Å². The van der Waals surface area contributed by atoms with E-state index in [0.717, 1.165) is 16.3 Å². The van der Waals surface area contributed by atoms with Gasteiger partial charge in [0.25, 0.3) is 0 Å². The van der Waals surface area contributed by atoms with Crippen LogP contribution in [0.15, 0.2) is 53.9 Å². The van der Waals surface area contributed by atoms with Crippen LogP contribution in [0.5, 0.6) is 5.75 Å². The molecule has 0 fully saturated rings. The summed E-state index contributed by atoms with van der Waals surface area (Å²) in [6.07, 6.45) is 0.0986. The third-order valence-corrected chi connectivity index (χ3v) is 4.68. The first-order valence-electron chi connectivity index (χ1n) is 7.92. The van der Waals surface area contributed by atoms with E-state index < -0.39 is 0 Å². The predicted octanol–water partition coefficient (Wildman–Crippen LogP) is 3.98. The van der Waals surface area contributed by atoms with Gasteiger partial charge >= 0.3 is 5.97 Å². The Morgan fingerprint density at radius 3 is 2.69 bits per heavy atom. The van der Waals surface area contributed by atoms with E-state index >= 15 is 0 Å². The van der Waals surface area contributed by atoms with Crippen LogP contribution in [0.1, 0.15) is 16.8 Å². The van der Waals surface area contributed by atoms with E-state index in [4.69, 9.17) is 14.7 Å². The van der Waals surface area contributed by atoms with Crippen molar-refractivity contribution in [3.05, 3.63) is 70.7 Å². The predicted molar refractivity (Wildman–Crippen MR) is 98.8 cm³/mol. The summed E-state index contributed by atoms with van der Waals surface area (Å²) in [5.41, 5.74) is 2.84. The molecule has 0 saturated carbocycles. The minimum atomic E-state index is -0.371. The zero-order chi connectivity index (χ0) is 18.4. The van der Waals surface area contributed by atoms with Crippen LogP contribution in [-0.4, -0.2) is 18.1 Å². The number of hydrogen-bond donors (Lipinski definition) is 0. The Morgan fingerprint density at radius 1 is 1.19 bits per heavy atom. The van der Waals surface area contributed by atoms with Gasteiger partial charge < -0.3 is 9.47 Å². The average molecular weight is 364 g/mol. The largest absolute Gasteiger partial charge is 0.497 e. The van der Waals surface area contributed by atoms with Crippen LogP contribution in [0.4, 0.5) is 0 Å². The van der Waals surface area contributed by atoms with E-state index in [1.807, 2.05) is 35.7 Å². The number of nitriles is 1. The molecule has 0 N–H and O–H groups in total. The maximum atomic E-state index is 12.1. The molecule has 6 heteroatoms. The van der Waals surface area contributed by atoms with E-state index in [1.54, 1.807) is 25.3 Å². The molecule has 1 aromatic heterocycles. The Labute approximate surface area is 155 Å². The first-order valence-corrected chi connectivity index (χ1v) is 8.80. The van der Waals surface area contributed by atoms with Crippen molar-refractivity contribution in [3.8, 4) is 22.4 Å². The number of esters is 1. The van der Waals surface area contributed by atoms with Crippen molar-refractivity contribution >= 4 is 17.3 Å². The first kappa shape index (κ1) is 17.6. The summed E-state index contributed by atoms with van der Waals surface area (Å²) in [7, 11) is 1.62. The van der Waals surface area contributed by atoms with Gasteiger partial charge in [-0.25, -0.2) is 4.98 Å². The number of methoxy groups -OCH3 is 1. The summed E-state index contributed by atoms with van der Waals surface area (Å²) in [5, 5.41) is 11.7. The minimum absolute atomic E-state index is 0.0814. The maximum Gasteiger partial charge on any atom is 0.312 e. The van der Waals surface area contributed by atoms with Crippen molar-refractivity contribution in [3.63, 3.8) is 0 Å². The van der Waals surface area contributed by atoms with Crippen LogP contribution in [0.25, 0.3) is 10.6 Å². The smallest absolute Gasteiger partial charge is 0.312 e. The molecule has 3 aromatic rings. The van der Waals surface area contributed by atoms with Gasteiger partial charge in [-0.3, -0.25) is 4.79 Å². The Morgan fingerprint density at radius 2 is 1.96 bits per heavy atom. The molecule has 130 valence electrons. The molecule has 5 nitrogen and oxygen atoms in total. The molecule has 0 amide bonds. The lowest BCUT2D eigenvalue weighted by Gasteiger charge is -2.05. The fourth-order valence-electron chi connectivity index (χ4n) is 2.37. The molecular formula is C20H16N2O3S. The standard InChI is InChI=1S/C20H16N2O3S/c1-24-18-8-6-14(7-9-18)20-22-17(13-26-20)10-19(23)25-12-16-5-3-2-4-15(16)11-21/h2-9,13H,10,12H2,1H3. The summed E-state index contributed by atoms with van der Waals surface area (Å²) in [4.78, 5) is 16.5. The van der Waals surface area contributed by atoms with Crippen molar-refractivity contribution in [1.29, 1.82) is 5.26 Å². The van der Waals surface area contributed by atoms with Gasteiger partial charge in [0.1, 0.15) is 17.4 Å². The lowest BCUT2D eigenvalue weighted by Crippen LogP contribution is -2.09. The molecule has 1 heterocycles. The summed E-state index contributed by atoms with van der Waals surface area (Å²) < 4.78 is 10.4. The van der Waals surface area contributed by atoms with E-state index in [0.29, 0.717) is 16.8 Å². The van der Waals surface area contributed by atoms with Gasteiger partial charge in [-0.05, 0) is 30.3 Å². The molecule has 0 atom stereocenters. The molecule has 0 radical (unpaired) electrons. The number of ether oxygens (including phenoxy) is 2. The molecule has 0 aliphatic carbocycles. The number of carbonyl (C=O) groups is 1. The maximum absolute atomic E-state index is 12.1. The molecule has 3 rings (SSSR count).